The van der Waals surface area contributed by atoms with Crippen LogP contribution in [0, 0.1) is 46.3 Å². The highest BCUT2D eigenvalue weighted by Gasteiger charge is 2.59. The van der Waals surface area contributed by atoms with Crippen LogP contribution >= 0.6 is 0 Å². The number of nitrogens with zero attached hydrogens (tertiary/aromatic N) is 2. The van der Waals surface area contributed by atoms with E-state index in [1.54, 1.807) is 5.57 Å². The van der Waals surface area contributed by atoms with Gasteiger partial charge in [-0.1, -0.05) is 135 Å². The maximum Gasteiger partial charge on any atom is 0.0936 e. The van der Waals surface area contributed by atoms with Gasteiger partial charge in [-0.2, -0.15) is 0 Å². The zero-order valence-corrected chi connectivity index (χ0v) is 44.7. The minimum Gasteiger partial charge on any atom is -0.379 e. The fraction of sp³-hybridized carbons (Fsp3) is 0.900. The molecule has 386 valence electrons. The molecule has 0 aromatic carbocycles. The molecular weight excluding hydrogens is 829 g/mol. The summed E-state index contributed by atoms with van der Waals surface area (Å²) in [7, 11) is 0. The van der Waals surface area contributed by atoms with Crippen molar-refractivity contribution in [3.8, 4) is 0 Å². The van der Waals surface area contributed by atoms with Gasteiger partial charge in [-0.15, -0.1) is 0 Å². The van der Waals surface area contributed by atoms with Crippen molar-refractivity contribution < 1.29 is 23.7 Å². The molecular formula is C60H106N2O5. The SMILES string of the molecule is CCCCC/C=C\C/C=C\CCCCCCCCOCC(CN1CCC(N2CCOCC2)C1)OCCOCCO[C@H]1CC[C@@]2(C)C(=CC[C@H]3[C@@H]4CC[C@H]([C@H](C)CCCC(C)C)[C@@]4(C)CC[C@@H]32)C1. The monoisotopic (exact) mass is 935 g/mol. The molecule has 0 N–H and O–H groups in total. The van der Waals surface area contributed by atoms with E-state index in [1.165, 1.54) is 135 Å². The molecule has 5 fully saturated rings. The van der Waals surface area contributed by atoms with Gasteiger partial charge in [-0.05, 0) is 149 Å². The standard InChI is InChI=1S/C60H106N2O5/c1-7-8-9-10-11-12-13-14-15-16-17-18-19-20-21-22-38-65-48-54(47-61-35-32-52(46-61)62-36-39-63-40-37-62)67-44-42-64-41-43-66-53-30-33-59(5)51(45-53)26-27-55-57-29-28-56(50(4)25-23-24-49(2)3)60(57,6)34-31-58(55)59/h11-12,14-15,26,49-50,52-58H,7-10,13,16-25,27-48H2,1-6H3/b12-11-,15-14-/t50-,52?,53+,54?,55+,56-,57+,58+,59+,60-/m1/s1. The number of hydrogen-bond acceptors (Lipinski definition) is 7. The summed E-state index contributed by atoms with van der Waals surface area (Å²) in [5.41, 5.74) is 2.66. The van der Waals surface area contributed by atoms with Gasteiger partial charge in [-0.3, -0.25) is 9.80 Å². The Morgan fingerprint density at radius 1 is 0.731 bits per heavy atom. The van der Waals surface area contributed by atoms with E-state index in [1.807, 2.05) is 0 Å². The average molecular weight is 936 g/mol. The number of rotatable bonds is 33. The maximum atomic E-state index is 6.56. The van der Waals surface area contributed by atoms with E-state index >= 15 is 0 Å². The second-order valence-electron chi connectivity index (χ2n) is 23.6. The molecule has 6 rings (SSSR count). The molecule has 10 atom stereocenters. The van der Waals surface area contributed by atoms with E-state index in [0.717, 1.165) is 107 Å². The van der Waals surface area contributed by atoms with E-state index in [2.05, 4.69) is 81.7 Å². The van der Waals surface area contributed by atoms with Crippen LogP contribution < -0.4 is 0 Å². The Bertz CT molecular complexity index is 1430. The van der Waals surface area contributed by atoms with Crippen molar-refractivity contribution >= 4 is 0 Å². The summed E-state index contributed by atoms with van der Waals surface area (Å²) in [6.07, 6.45) is 44.0. The van der Waals surface area contributed by atoms with Gasteiger partial charge >= 0.3 is 0 Å². The Labute approximate surface area is 413 Å². The molecule has 0 radical (unpaired) electrons. The molecule has 3 saturated carbocycles. The number of ether oxygens (including phenoxy) is 5. The number of likely N-dealkylation sites (tertiary alicyclic amines) is 1. The Hall–Kier alpha value is -1.06. The van der Waals surface area contributed by atoms with Crippen molar-refractivity contribution in [3.63, 3.8) is 0 Å². The predicted octanol–water partition coefficient (Wildman–Crippen LogP) is 14.1. The van der Waals surface area contributed by atoms with Gasteiger partial charge in [0.05, 0.1) is 58.5 Å². The molecule has 6 aliphatic rings. The normalized spacial score (nSPS) is 31.4. The number of unbranched alkanes of at least 4 members (excludes halogenated alkanes) is 9. The van der Waals surface area contributed by atoms with Gasteiger partial charge in [0.1, 0.15) is 0 Å². The third-order valence-electron chi connectivity index (χ3n) is 18.5. The first kappa shape index (κ1) is 55.3. The van der Waals surface area contributed by atoms with Crippen LogP contribution in [0.3, 0.4) is 0 Å². The van der Waals surface area contributed by atoms with Crippen molar-refractivity contribution in [2.45, 2.75) is 214 Å². The molecule has 2 unspecified atom stereocenters. The van der Waals surface area contributed by atoms with Gasteiger partial charge in [0.2, 0.25) is 0 Å². The molecule has 7 heteroatoms. The van der Waals surface area contributed by atoms with Crippen LogP contribution in [0.2, 0.25) is 0 Å². The summed E-state index contributed by atoms with van der Waals surface area (Å²) in [5, 5.41) is 0. The lowest BCUT2D eigenvalue weighted by Gasteiger charge is -2.58. The molecule has 67 heavy (non-hydrogen) atoms. The van der Waals surface area contributed by atoms with Crippen LogP contribution in [0.5, 0.6) is 0 Å². The summed E-state index contributed by atoms with van der Waals surface area (Å²) >= 11 is 0. The number of morpholine rings is 1. The molecule has 0 spiro atoms. The van der Waals surface area contributed by atoms with E-state index in [4.69, 9.17) is 23.7 Å². The van der Waals surface area contributed by atoms with E-state index in [9.17, 15) is 0 Å². The van der Waals surface area contributed by atoms with Crippen molar-refractivity contribution in [2.24, 2.45) is 46.3 Å². The molecule has 2 saturated heterocycles. The van der Waals surface area contributed by atoms with Crippen molar-refractivity contribution in [1.82, 2.24) is 9.80 Å². The third-order valence-corrected chi connectivity index (χ3v) is 18.5. The zero-order valence-electron chi connectivity index (χ0n) is 44.7. The number of hydrogen-bond donors (Lipinski definition) is 0. The summed E-state index contributed by atoms with van der Waals surface area (Å²) in [5.74, 6) is 5.33. The quantitative estimate of drug-likeness (QED) is 0.0480. The highest BCUT2D eigenvalue weighted by molar-refractivity contribution is 5.25. The second-order valence-corrected chi connectivity index (χ2v) is 23.6. The molecule has 0 aromatic rings. The maximum absolute atomic E-state index is 6.56. The first-order valence-electron chi connectivity index (χ1n) is 29.1. The Morgan fingerprint density at radius 3 is 2.28 bits per heavy atom. The lowest BCUT2D eigenvalue weighted by atomic mass is 9.47. The molecule has 4 aliphatic carbocycles. The molecule has 0 bridgehead atoms. The van der Waals surface area contributed by atoms with Crippen LogP contribution in [0.15, 0.2) is 36.0 Å². The largest absolute Gasteiger partial charge is 0.379 e. The Morgan fingerprint density at radius 2 is 1.49 bits per heavy atom. The summed E-state index contributed by atoms with van der Waals surface area (Å²) in [4.78, 5) is 5.24. The van der Waals surface area contributed by atoms with Crippen LogP contribution in [-0.4, -0.2) is 114 Å². The van der Waals surface area contributed by atoms with Crippen LogP contribution in [0.1, 0.15) is 196 Å². The van der Waals surface area contributed by atoms with E-state index in [0.29, 0.717) is 56.0 Å². The summed E-state index contributed by atoms with van der Waals surface area (Å²) < 4.78 is 31.2. The van der Waals surface area contributed by atoms with Gasteiger partial charge in [0.25, 0.3) is 0 Å². The summed E-state index contributed by atoms with van der Waals surface area (Å²) in [6.45, 7) is 26.1. The lowest BCUT2D eigenvalue weighted by Crippen LogP contribution is -2.51. The van der Waals surface area contributed by atoms with Gasteiger partial charge < -0.3 is 23.7 Å². The lowest BCUT2D eigenvalue weighted by molar-refractivity contribution is -0.0732. The van der Waals surface area contributed by atoms with Gasteiger partial charge in [0, 0.05) is 38.8 Å². The molecule has 7 nitrogen and oxygen atoms in total. The van der Waals surface area contributed by atoms with Crippen molar-refractivity contribution in [2.75, 3.05) is 85.6 Å². The van der Waals surface area contributed by atoms with Crippen molar-refractivity contribution in [3.05, 3.63) is 36.0 Å². The average Bonchev–Trinajstić information content (AvgIpc) is 3.95. The predicted molar refractivity (Wildman–Crippen MR) is 281 cm³/mol. The fourth-order valence-electron chi connectivity index (χ4n) is 14.5. The van der Waals surface area contributed by atoms with Gasteiger partial charge in [0.15, 0.2) is 0 Å². The van der Waals surface area contributed by atoms with E-state index < -0.39 is 0 Å². The number of allylic oxidation sites excluding steroid dienone is 5. The Kier molecular flexibility index (Phi) is 24.8. The highest BCUT2D eigenvalue weighted by atomic mass is 16.6. The zero-order chi connectivity index (χ0) is 47.2. The smallest absolute Gasteiger partial charge is 0.0936 e. The van der Waals surface area contributed by atoms with Crippen molar-refractivity contribution in [1.29, 1.82) is 0 Å². The summed E-state index contributed by atoms with van der Waals surface area (Å²) in [6, 6.07) is 0.637. The molecule has 2 aliphatic heterocycles. The van der Waals surface area contributed by atoms with Crippen LogP contribution in [-0.2, 0) is 23.7 Å². The first-order valence-corrected chi connectivity index (χ1v) is 29.1. The van der Waals surface area contributed by atoms with Crippen LogP contribution in [0.25, 0.3) is 0 Å². The number of fused-ring (bicyclic) bond motifs is 5. The molecule has 0 amide bonds. The third kappa shape index (κ3) is 17.3. The van der Waals surface area contributed by atoms with Crippen LogP contribution in [0.4, 0.5) is 0 Å². The van der Waals surface area contributed by atoms with Gasteiger partial charge in [-0.25, -0.2) is 0 Å². The minimum atomic E-state index is 0.0731. The second kappa shape index (κ2) is 30.1. The molecule has 2 heterocycles. The fourth-order valence-corrected chi connectivity index (χ4v) is 14.5. The van der Waals surface area contributed by atoms with E-state index in [-0.39, 0.29) is 6.10 Å². The Balaban J connectivity index is 0.840. The molecule has 0 aromatic heterocycles. The highest BCUT2D eigenvalue weighted by Crippen LogP contribution is 2.67. The minimum absolute atomic E-state index is 0.0731. The first-order chi connectivity index (χ1) is 32.7. The topological polar surface area (TPSA) is 52.6 Å².